The van der Waals surface area contributed by atoms with Gasteiger partial charge in [0, 0.05) is 25.2 Å². The van der Waals surface area contributed by atoms with Gasteiger partial charge in [-0.15, -0.1) is 0 Å². The number of aliphatic hydroxyl groups is 1. The molecule has 2 aromatic rings. The summed E-state index contributed by atoms with van der Waals surface area (Å²) >= 11 is 0. The number of nitrogens with zero attached hydrogens (tertiary/aromatic N) is 1. The standard InChI is InChI=1S/C20H23F2NO3/c21-20(22)16-3-7-18(8-4-16)26-19-9-10-23(13-19)11-12-25-17-5-1-15(14-24)2-6-17/h1-8,19-20,24H,9-14H2. The van der Waals surface area contributed by atoms with Crippen molar-refractivity contribution in [2.75, 3.05) is 26.2 Å². The van der Waals surface area contributed by atoms with E-state index in [1.54, 1.807) is 12.1 Å². The average Bonchev–Trinajstić information content (AvgIpc) is 3.10. The maximum absolute atomic E-state index is 12.6. The number of likely N-dealkylation sites (tertiary alicyclic amines) is 1. The van der Waals surface area contributed by atoms with E-state index in [1.807, 2.05) is 24.3 Å². The van der Waals surface area contributed by atoms with Crippen molar-refractivity contribution >= 4 is 0 Å². The molecular weight excluding hydrogens is 340 g/mol. The van der Waals surface area contributed by atoms with Gasteiger partial charge in [0.05, 0.1) is 6.61 Å². The van der Waals surface area contributed by atoms with Crippen LogP contribution in [0.2, 0.25) is 0 Å². The highest BCUT2D eigenvalue weighted by atomic mass is 19.3. The number of ether oxygens (including phenoxy) is 2. The second-order valence-corrected chi connectivity index (χ2v) is 6.35. The second kappa shape index (κ2) is 8.96. The SMILES string of the molecule is OCc1ccc(OCCN2CCC(Oc3ccc(C(F)F)cc3)C2)cc1. The lowest BCUT2D eigenvalue weighted by molar-refractivity contribution is 0.151. The zero-order valence-electron chi connectivity index (χ0n) is 14.5. The molecule has 0 amide bonds. The third-order valence-electron chi connectivity index (χ3n) is 4.45. The van der Waals surface area contributed by atoms with Crippen molar-refractivity contribution in [3.8, 4) is 11.5 Å². The van der Waals surface area contributed by atoms with E-state index in [9.17, 15) is 8.78 Å². The van der Waals surface area contributed by atoms with Crippen molar-refractivity contribution in [1.82, 2.24) is 4.90 Å². The largest absolute Gasteiger partial charge is 0.492 e. The minimum Gasteiger partial charge on any atom is -0.492 e. The topological polar surface area (TPSA) is 41.9 Å². The predicted molar refractivity (Wildman–Crippen MR) is 94.7 cm³/mol. The van der Waals surface area contributed by atoms with Gasteiger partial charge in [0.2, 0.25) is 0 Å². The molecule has 1 atom stereocenters. The first-order chi connectivity index (χ1) is 12.6. The molecule has 6 heteroatoms. The summed E-state index contributed by atoms with van der Waals surface area (Å²) in [5, 5.41) is 9.02. The summed E-state index contributed by atoms with van der Waals surface area (Å²) in [6.45, 7) is 3.12. The van der Waals surface area contributed by atoms with Gasteiger partial charge in [0.25, 0.3) is 6.43 Å². The van der Waals surface area contributed by atoms with Crippen molar-refractivity contribution in [3.05, 3.63) is 59.7 Å². The quantitative estimate of drug-likeness (QED) is 0.777. The van der Waals surface area contributed by atoms with E-state index in [-0.39, 0.29) is 18.3 Å². The van der Waals surface area contributed by atoms with Crippen LogP contribution in [0.3, 0.4) is 0 Å². The van der Waals surface area contributed by atoms with Crippen molar-refractivity contribution < 1.29 is 23.4 Å². The van der Waals surface area contributed by atoms with Gasteiger partial charge in [-0.3, -0.25) is 4.90 Å². The molecule has 140 valence electrons. The van der Waals surface area contributed by atoms with Crippen LogP contribution in [-0.2, 0) is 6.61 Å². The van der Waals surface area contributed by atoms with Gasteiger partial charge in [0.1, 0.15) is 24.2 Å². The lowest BCUT2D eigenvalue weighted by Crippen LogP contribution is -2.28. The maximum atomic E-state index is 12.6. The molecule has 0 saturated carbocycles. The molecule has 1 saturated heterocycles. The minimum absolute atomic E-state index is 0.00886. The number of aliphatic hydroxyl groups excluding tert-OH is 1. The van der Waals surface area contributed by atoms with E-state index in [2.05, 4.69) is 4.90 Å². The zero-order valence-corrected chi connectivity index (χ0v) is 14.5. The molecule has 1 unspecified atom stereocenters. The smallest absolute Gasteiger partial charge is 0.263 e. The van der Waals surface area contributed by atoms with E-state index in [4.69, 9.17) is 14.6 Å². The molecule has 3 rings (SSSR count). The van der Waals surface area contributed by atoms with E-state index in [0.29, 0.717) is 12.4 Å². The molecule has 0 radical (unpaired) electrons. The van der Waals surface area contributed by atoms with E-state index in [0.717, 1.165) is 37.4 Å². The second-order valence-electron chi connectivity index (χ2n) is 6.35. The fourth-order valence-corrected chi connectivity index (χ4v) is 2.96. The highest BCUT2D eigenvalue weighted by Gasteiger charge is 2.23. The van der Waals surface area contributed by atoms with Crippen LogP contribution in [0.1, 0.15) is 24.0 Å². The van der Waals surface area contributed by atoms with E-state index in [1.165, 1.54) is 12.1 Å². The van der Waals surface area contributed by atoms with Crippen LogP contribution in [0, 0.1) is 0 Å². The molecule has 1 aliphatic heterocycles. The Bertz CT molecular complexity index is 676. The summed E-state index contributed by atoms with van der Waals surface area (Å²) in [7, 11) is 0. The first-order valence-corrected chi connectivity index (χ1v) is 8.74. The Morgan fingerprint density at radius 2 is 1.73 bits per heavy atom. The monoisotopic (exact) mass is 363 g/mol. The number of alkyl halides is 2. The summed E-state index contributed by atoms with van der Waals surface area (Å²) in [5.41, 5.74) is 0.869. The Hall–Kier alpha value is -2.18. The summed E-state index contributed by atoms with van der Waals surface area (Å²) < 4.78 is 36.7. The van der Waals surface area contributed by atoms with Gasteiger partial charge in [-0.1, -0.05) is 12.1 Å². The maximum Gasteiger partial charge on any atom is 0.263 e. The molecular formula is C20H23F2NO3. The summed E-state index contributed by atoms with van der Waals surface area (Å²) in [6, 6.07) is 13.4. The summed E-state index contributed by atoms with van der Waals surface area (Å²) in [6.07, 6.45) is -1.48. The molecule has 4 nitrogen and oxygen atoms in total. The van der Waals surface area contributed by atoms with E-state index >= 15 is 0 Å². The van der Waals surface area contributed by atoms with Crippen LogP contribution in [0.4, 0.5) is 8.78 Å². The van der Waals surface area contributed by atoms with Crippen molar-refractivity contribution in [2.45, 2.75) is 25.6 Å². The van der Waals surface area contributed by atoms with Crippen molar-refractivity contribution in [2.24, 2.45) is 0 Å². The highest BCUT2D eigenvalue weighted by molar-refractivity contribution is 5.28. The normalized spacial score (nSPS) is 17.6. The first-order valence-electron chi connectivity index (χ1n) is 8.74. The van der Waals surface area contributed by atoms with Crippen molar-refractivity contribution in [3.63, 3.8) is 0 Å². The molecule has 2 aromatic carbocycles. The van der Waals surface area contributed by atoms with Crippen LogP contribution in [0.15, 0.2) is 48.5 Å². The fourth-order valence-electron chi connectivity index (χ4n) is 2.96. The molecule has 1 aliphatic rings. The lowest BCUT2D eigenvalue weighted by atomic mass is 10.2. The van der Waals surface area contributed by atoms with Gasteiger partial charge in [0.15, 0.2) is 0 Å². The molecule has 1 fully saturated rings. The summed E-state index contributed by atoms with van der Waals surface area (Å²) in [5.74, 6) is 1.41. The van der Waals surface area contributed by atoms with Crippen LogP contribution >= 0.6 is 0 Å². The minimum atomic E-state index is -2.45. The molecule has 0 spiro atoms. The molecule has 0 bridgehead atoms. The lowest BCUT2D eigenvalue weighted by Gasteiger charge is -2.17. The number of hydrogen-bond acceptors (Lipinski definition) is 4. The highest BCUT2D eigenvalue weighted by Crippen LogP contribution is 2.23. The van der Waals surface area contributed by atoms with Crippen molar-refractivity contribution in [1.29, 1.82) is 0 Å². The Labute approximate surface area is 152 Å². The van der Waals surface area contributed by atoms with E-state index < -0.39 is 6.43 Å². The Kier molecular flexibility index (Phi) is 6.41. The van der Waals surface area contributed by atoms with Gasteiger partial charge >= 0.3 is 0 Å². The third kappa shape index (κ3) is 5.16. The average molecular weight is 363 g/mol. The molecule has 26 heavy (non-hydrogen) atoms. The number of hydrogen-bond donors (Lipinski definition) is 1. The number of rotatable bonds is 8. The zero-order chi connectivity index (χ0) is 18.4. The van der Waals surface area contributed by atoms with Gasteiger partial charge in [-0.05, 0) is 48.4 Å². The fraction of sp³-hybridized carbons (Fsp3) is 0.400. The predicted octanol–water partition coefficient (Wildman–Crippen LogP) is 3.65. The van der Waals surface area contributed by atoms with Crippen LogP contribution in [-0.4, -0.2) is 42.4 Å². The Morgan fingerprint density at radius 1 is 1.04 bits per heavy atom. The van der Waals surface area contributed by atoms with Crippen LogP contribution < -0.4 is 9.47 Å². The molecule has 0 aliphatic carbocycles. The Balaban J connectivity index is 1.39. The Morgan fingerprint density at radius 3 is 2.38 bits per heavy atom. The number of halogens is 2. The van der Waals surface area contributed by atoms with Crippen LogP contribution in [0.5, 0.6) is 11.5 Å². The van der Waals surface area contributed by atoms with Gasteiger partial charge in [-0.2, -0.15) is 0 Å². The summed E-state index contributed by atoms with van der Waals surface area (Å²) in [4.78, 5) is 2.26. The third-order valence-corrected chi connectivity index (χ3v) is 4.45. The number of benzene rings is 2. The van der Waals surface area contributed by atoms with Gasteiger partial charge in [-0.25, -0.2) is 8.78 Å². The van der Waals surface area contributed by atoms with Crippen LogP contribution in [0.25, 0.3) is 0 Å². The molecule has 1 N–H and O–H groups in total. The molecule has 0 aromatic heterocycles. The molecule has 1 heterocycles. The van der Waals surface area contributed by atoms with Gasteiger partial charge < -0.3 is 14.6 Å². The first kappa shape index (κ1) is 18.6.